The fourth-order valence-corrected chi connectivity index (χ4v) is 3.16. The molecule has 2 aromatic rings. The standard InChI is InChI=1S/C22H25N3O4/c1-15-6-4-7-16(12-15)13-23-20(26)18-9-2-3-10-19(18)25-22(28)21(27)24-14-17-8-5-11-29-17/h2-4,6-7,9-10,12,17H,5,8,11,13-14H2,1H3,(H,23,26)(H,24,27)(H,25,28)/t17-/m1/s1. The fourth-order valence-electron chi connectivity index (χ4n) is 3.16. The van der Waals surface area contributed by atoms with E-state index in [4.69, 9.17) is 4.74 Å². The maximum atomic E-state index is 12.6. The third-order valence-corrected chi connectivity index (χ3v) is 4.68. The fraction of sp³-hybridized carbons (Fsp3) is 0.318. The number of hydrogen-bond donors (Lipinski definition) is 3. The van der Waals surface area contributed by atoms with Crippen LogP contribution in [-0.2, 0) is 20.9 Å². The maximum absolute atomic E-state index is 12.6. The van der Waals surface area contributed by atoms with E-state index < -0.39 is 11.8 Å². The van der Waals surface area contributed by atoms with Crippen LogP contribution in [0.4, 0.5) is 5.69 Å². The average molecular weight is 395 g/mol. The highest BCUT2D eigenvalue weighted by Crippen LogP contribution is 2.15. The van der Waals surface area contributed by atoms with Gasteiger partial charge in [0.05, 0.1) is 17.4 Å². The van der Waals surface area contributed by atoms with Crippen molar-refractivity contribution in [2.75, 3.05) is 18.5 Å². The average Bonchev–Trinajstić information content (AvgIpc) is 3.24. The van der Waals surface area contributed by atoms with Gasteiger partial charge in [-0.3, -0.25) is 14.4 Å². The van der Waals surface area contributed by atoms with E-state index in [9.17, 15) is 14.4 Å². The molecule has 3 amide bonds. The predicted molar refractivity (Wildman–Crippen MR) is 109 cm³/mol. The van der Waals surface area contributed by atoms with Crippen LogP contribution in [0.3, 0.4) is 0 Å². The van der Waals surface area contributed by atoms with Crippen molar-refractivity contribution in [1.29, 1.82) is 0 Å². The summed E-state index contributed by atoms with van der Waals surface area (Å²) in [4.78, 5) is 36.9. The smallest absolute Gasteiger partial charge is 0.313 e. The molecule has 1 heterocycles. The van der Waals surface area contributed by atoms with Gasteiger partial charge in [-0.2, -0.15) is 0 Å². The Kier molecular flexibility index (Phi) is 6.97. The Labute approximate surface area is 169 Å². The minimum atomic E-state index is -0.818. The first-order valence-electron chi connectivity index (χ1n) is 9.66. The molecular formula is C22H25N3O4. The number of hydrogen-bond acceptors (Lipinski definition) is 4. The molecule has 0 aromatic heterocycles. The van der Waals surface area contributed by atoms with Gasteiger partial charge in [-0.1, -0.05) is 42.0 Å². The van der Waals surface area contributed by atoms with Crippen LogP contribution in [0.15, 0.2) is 48.5 Å². The highest BCUT2D eigenvalue weighted by Gasteiger charge is 2.21. The number of aryl methyl sites for hydroxylation is 1. The second-order valence-electron chi connectivity index (χ2n) is 7.02. The third kappa shape index (κ3) is 5.89. The molecule has 0 bridgehead atoms. The number of carbonyl (C=O) groups excluding carboxylic acids is 3. The Morgan fingerprint density at radius 3 is 2.62 bits per heavy atom. The number of anilines is 1. The Balaban J connectivity index is 1.57. The molecule has 3 N–H and O–H groups in total. The molecule has 7 heteroatoms. The predicted octanol–water partition coefficient (Wildman–Crippen LogP) is 2.16. The van der Waals surface area contributed by atoms with Gasteiger partial charge in [0.15, 0.2) is 0 Å². The van der Waals surface area contributed by atoms with Gasteiger partial charge in [-0.15, -0.1) is 0 Å². The molecule has 1 fully saturated rings. The number of benzene rings is 2. The Morgan fingerprint density at radius 2 is 1.86 bits per heavy atom. The zero-order valence-corrected chi connectivity index (χ0v) is 16.4. The van der Waals surface area contributed by atoms with Crippen molar-refractivity contribution < 1.29 is 19.1 Å². The van der Waals surface area contributed by atoms with Crippen LogP contribution in [0, 0.1) is 6.92 Å². The van der Waals surface area contributed by atoms with Gasteiger partial charge >= 0.3 is 11.8 Å². The van der Waals surface area contributed by atoms with E-state index in [1.165, 1.54) is 0 Å². The summed E-state index contributed by atoms with van der Waals surface area (Å²) in [6, 6.07) is 14.4. The van der Waals surface area contributed by atoms with E-state index in [-0.39, 0.29) is 17.7 Å². The molecule has 1 aliphatic rings. The van der Waals surface area contributed by atoms with Crippen LogP contribution in [0.25, 0.3) is 0 Å². The summed E-state index contributed by atoms with van der Waals surface area (Å²) in [5.41, 5.74) is 2.67. The molecular weight excluding hydrogens is 370 g/mol. The Bertz CT molecular complexity index is 891. The lowest BCUT2D eigenvalue weighted by Gasteiger charge is -2.13. The maximum Gasteiger partial charge on any atom is 0.313 e. The molecule has 2 aromatic carbocycles. The van der Waals surface area contributed by atoms with Gasteiger partial charge in [0.2, 0.25) is 0 Å². The van der Waals surface area contributed by atoms with Crippen molar-refractivity contribution in [1.82, 2.24) is 10.6 Å². The number of rotatable bonds is 6. The minimum absolute atomic E-state index is 0.0496. The summed E-state index contributed by atoms with van der Waals surface area (Å²) in [6.07, 6.45) is 1.77. The molecule has 0 spiro atoms. The molecule has 0 aliphatic carbocycles. The molecule has 29 heavy (non-hydrogen) atoms. The highest BCUT2D eigenvalue weighted by molar-refractivity contribution is 6.40. The van der Waals surface area contributed by atoms with E-state index in [2.05, 4.69) is 16.0 Å². The minimum Gasteiger partial charge on any atom is -0.376 e. The van der Waals surface area contributed by atoms with Crippen molar-refractivity contribution in [2.24, 2.45) is 0 Å². The van der Waals surface area contributed by atoms with E-state index in [0.29, 0.717) is 25.3 Å². The number of nitrogens with one attached hydrogen (secondary N) is 3. The number of amides is 3. The first-order chi connectivity index (χ1) is 14.0. The summed E-state index contributed by atoms with van der Waals surface area (Å²) in [5.74, 6) is -1.90. The topological polar surface area (TPSA) is 96.5 Å². The number of para-hydroxylation sites is 1. The largest absolute Gasteiger partial charge is 0.376 e. The van der Waals surface area contributed by atoms with Crippen LogP contribution in [-0.4, -0.2) is 37.0 Å². The lowest BCUT2D eigenvalue weighted by Crippen LogP contribution is -2.39. The quantitative estimate of drug-likeness (QED) is 0.653. The lowest BCUT2D eigenvalue weighted by molar-refractivity contribution is -0.136. The zero-order valence-electron chi connectivity index (χ0n) is 16.4. The SMILES string of the molecule is Cc1cccc(CNC(=O)c2ccccc2NC(=O)C(=O)NC[C@H]2CCCO2)c1. The van der Waals surface area contributed by atoms with Gasteiger partial charge in [0.25, 0.3) is 5.91 Å². The van der Waals surface area contributed by atoms with Gasteiger partial charge in [0, 0.05) is 19.7 Å². The van der Waals surface area contributed by atoms with E-state index in [0.717, 1.165) is 24.0 Å². The molecule has 7 nitrogen and oxygen atoms in total. The van der Waals surface area contributed by atoms with E-state index in [1.807, 2.05) is 31.2 Å². The van der Waals surface area contributed by atoms with Gasteiger partial charge in [-0.25, -0.2) is 0 Å². The van der Waals surface area contributed by atoms with Crippen LogP contribution >= 0.6 is 0 Å². The van der Waals surface area contributed by atoms with Crippen LogP contribution in [0.1, 0.15) is 34.3 Å². The van der Waals surface area contributed by atoms with Crippen LogP contribution in [0.5, 0.6) is 0 Å². The molecule has 1 saturated heterocycles. The second kappa shape index (κ2) is 9.84. The van der Waals surface area contributed by atoms with Crippen LogP contribution < -0.4 is 16.0 Å². The molecule has 3 rings (SSSR count). The number of ether oxygens (including phenoxy) is 1. The second-order valence-corrected chi connectivity index (χ2v) is 7.02. The normalized spacial score (nSPS) is 15.6. The molecule has 1 atom stereocenters. The van der Waals surface area contributed by atoms with Crippen molar-refractivity contribution in [3.63, 3.8) is 0 Å². The molecule has 0 radical (unpaired) electrons. The van der Waals surface area contributed by atoms with E-state index in [1.54, 1.807) is 24.3 Å². The van der Waals surface area contributed by atoms with Crippen LogP contribution in [0.2, 0.25) is 0 Å². The van der Waals surface area contributed by atoms with Crippen molar-refractivity contribution in [3.05, 3.63) is 65.2 Å². The van der Waals surface area contributed by atoms with Gasteiger partial charge in [-0.05, 0) is 37.5 Å². The molecule has 0 saturated carbocycles. The van der Waals surface area contributed by atoms with E-state index >= 15 is 0 Å². The van der Waals surface area contributed by atoms with Crippen molar-refractivity contribution in [2.45, 2.75) is 32.4 Å². The third-order valence-electron chi connectivity index (χ3n) is 4.68. The lowest BCUT2D eigenvalue weighted by atomic mass is 10.1. The van der Waals surface area contributed by atoms with Gasteiger partial charge < -0.3 is 20.7 Å². The summed E-state index contributed by atoms with van der Waals surface area (Å²) in [6.45, 7) is 3.33. The van der Waals surface area contributed by atoms with Crippen molar-refractivity contribution in [3.8, 4) is 0 Å². The Morgan fingerprint density at radius 1 is 1.03 bits per heavy atom. The molecule has 0 unspecified atom stereocenters. The summed E-state index contributed by atoms with van der Waals surface area (Å²) < 4.78 is 5.42. The first kappa shape index (κ1) is 20.5. The molecule has 152 valence electrons. The molecule has 1 aliphatic heterocycles. The highest BCUT2D eigenvalue weighted by atomic mass is 16.5. The monoisotopic (exact) mass is 395 g/mol. The first-order valence-corrected chi connectivity index (χ1v) is 9.66. The van der Waals surface area contributed by atoms with Crippen molar-refractivity contribution >= 4 is 23.4 Å². The number of carbonyl (C=O) groups is 3. The summed E-state index contributed by atoms with van der Waals surface area (Å²) >= 11 is 0. The Hall–Kier alpha value is -3.19. The summed E-state index contributed by atoms with van der Waals surface area (Å²) in [7, 11) is 0. The summed E-state index contributed by atoms with van der Waals surface area (Å²) in [5, 5.41) is 7.93. The van der Waals surface area contributed by atoms with Gasteiger partial charge in [0.1, 0.15) is 0 Å². The zero-order chi connectivity index (χ0) is 20.6.